The van der Waals surface area contributed by atoms with Crippen molar-refractivity contribution in [3.63, 3.8) is 0 Å². The lowest BCUT2D eigenvalue weighted by Crippen LogP contribution is -2.33. The fraction of sp³-hybridized carbons (Fsp3) is 0.350. The zero-order valence-electron chi connectivity index (χ0n) is 14.5. The monoisotopic (exact) mass is 333 g/mol. The van der Waals surface area contributed by atoms with Crippen molar-refractivity contribution in [1.29, 1.82) is 0 Å². The number of hydrogen-bond acceptors (Lipinski definition) is 5. The quantitative estimate of drug-likeness (QED) is 0.796. The second-order valence-corrected chi connectivity index (χ2v) is 6.80. The molecule has 3 aromatic rings. The van der Waals surface area contributed by atoms with Gasteiger partial charge in [-0.15, -0.1) is 0 Å². The van der Waals surface area contributed by atoms with Crippen LogP contribution in [-0.4, -0.2) is 32.9 Å². The van der Waals surface area contributed by atoms with Crippen LogP contribution in [-0.2, 0) is 6.54 Å². The summed E-state index contributed by atoms with van der Waals surface area (Å²) in [6, 6.07) is 10.6. The summed E-state index contributed by atoms with van der Waals surface area (Å²) in [5.74, 6) is 1.85. The fourth-order valence-electron chi connectivity index (χ4n) is 3.71. The van der Waals surface area contributed by atoms with Gasteiger partial charge in [0.2, 0.25) is 0 Å². The first-order valence-corrected chi connectivity index (χ1v) is 8.84. The fourth-order valence-corrected chi connectivity index (χ4v) is 3.71. The molecule has 2 aromatic heterocycles. The Hall–Kier alpha value is -2.53. The zero-order valence-corrected chi connectivity index (χ0v) is 14.5. The summed E-state index contributed by atoms with van der Waals surface area (Å²) < 4.78 is 0. The Bertz CT molecular complexity index is 879. The van der Waals surface area contributed by atoms with E-state index in [1.165, 1.54) is 16.5 Å². The summed E-state index contributed by atoms with van der Waals surface area (Å²) >= 11 is 0. The first-order chi connectivity index (χ1) is 12.2. The third-order valence-corrected chi connectivity index (χ3v) is 5.09. The molecule has 1 aromatic carbocycles. The van der Waals surface area contributed by atoms with Crippen molar-refractivity contribution in [3.05, 3.63) is 59.8 Å². The number of aryl methyl sites for hydroxylation is 1. The van der Waals surface area contributed by atoms with Crippen molar-refractivity contribution in [2.24, 2.45) is 0 Å². The molecular formula is C20H23N5. The van der Waals surface area contributed by atoms with Crippen LogP contribution in [0.4, 0.5) is 5.82 Å². The predicted molar refractivity (Wildman–Crippen MR) is 100 cm³/mol. The van der Waals surface area contributed by atoms with Crippen molar-refractivity contribution in [2.75, 3.05) is 18.8 Å². The molecule has 0 spiro atoms. The first-order valence-electron chi connectivity index (χ1n) is 8.84. The Balaban J connectivity index is 1.46. The van der Waals surface area contributed by atoms with E-state index >= 15 is 0 Å². The molecule has 0 amide bonds. The maximum Gasteiger partial charge on any atom is 0.131 e. The minimum Gasteiger partial charge on any atom is -0.383 e. The number of pyridine rings is 1. The molecule has 4 rings (SSSR count). The normalized spacial score (nSPS) is 16.4. The van der Waals surface area contributed by atoms with Gasteiger partial charge in [0.25, 0.3) is 0 Å². The standard InChI is InChI=1S/C20H23N5/c1-14-23-12-17(20(21)24-14)13-25-10-7-16(8-11-25)19-18-5-3-2-4-15(18)6-9-22-19/h2-6,9,12,16H,7-8,10-11,13H2,1H3,(H2,21,23,24). The highest BCUT2D eigenvalue weighted by Gasteiger charge is 2.23. The largest absolute Gasteiger partial charge is 0.383 e. The molecule has 2 N–H and O–H groups in total. The molecule has 0 radical (unpaired) electrons. The maximum absolute atomic E-state index is 6.03. The number of aromatic nitrogens is 3. The summed E-state index contributed by atoms with van der Waals surface area (Å²) in [6.07, 6.45) is 6.03. The Kier molecular flexibility index (Phi) is 4.32. The van der Waals surface area contributed by atoms with Crippen LogP contribution in [0, 0.1) is 6.92 Å². The molecule has 1 fully saturated rings. The number of nitrogens with two attached hydrogens (primary N) is 1. The second kappa shape index (κ2) is 6.76. The molecule has 3 heterocycles. The van der Waals surface area contributed by atoms with Crippen LogP contribution >= 0.6 is 0 Å². The Morgan fingerprint density at radius 3 is 2.72 bits per heavy atom. The molecule has 25 heavy (non-hydrogen) atoms. The van der Waals surface area contributed by atoms with E-state index in [0.29, 0.717) is 11.7 Å². The molecule has 0 unspecified atom stereocenters. The number of fused-ring (bicyclic) bond motifs is 1. The van der Waals surface area contributed by atoms with Crippen LogP contribution in [0.3, 0.4) is 0 Å². The molecule has 1 aliphatic rings. The SMILES string of the molecule is Cc1ncc(CN2CCC(c3nccc4ccccc34)CC2)c(N)n1. The third kappa shape index (κ3) is 3.33. The Morgan fingerprint density at radius 1 is 1.12 bits per heavy atom. The predicted octanol–water partition coefficient (Wildman–Crippen LogP) is 3.30. The smallest absolute Gasteiger partial charge is 0.131 e. The van der Waals surface area contributed by atoms with Gasteiger partial charge in [-0.3, -0.25) is 9.88 Å². The van der Waals surface area contributed by atoms with E-state index in [1.54, 1.807) is 0 Å². The van der Waals surface area contributed by atoms with E-state index in [4.69, 9.17) is 10.7 Å². The van der Waals surface area contributed by atoms with Gasteiger partial charge in [-0.25, -0.2) is 9.97 Å². The van der Waals surface area contributed by atoms with Gasteiger partial charge in [0.1, 0.15) is 11.6 Å². The molecule has 1 aliphatic heterocycles. The molecule has 0 saturated carbocycles. The summed E-state index contributed by atoms with van der Waals surface area (Å²) in [5.41, 5.74) is 8.30. The average Bonchev–Trinajstić information content (AvgIpc) is 2.64. The van der Waals surface area contributed by atoms with E-state index in [-0.39, 0.29) is 0 Å². The van der Waals surface area contributed by atoms with Gasteiger partial charge in [-0.2, -0.15) is 0 Å². The molecular weight excluding hydrogens is 310 g/mol. The van der Waals surface area contributed by atoms with Crippen molar-refractivity contribution in [2.45, 2.75) is 32.2 Å². The van der Waals surface area contributed by atoms with Gasteiger partial charge < -0.3 is 5.73 Å². The Labute approximate surface area is 147 Å². The highest BCUT2D eigenvalue weighted by molar-refractivity contribution is 5.84. The average molecular weight is 333 g/mol. The van der Waals surface area contributed by atoms with Gasteiger partial charge in [0.15, 0.2) is 0 Å². The topological polar surface area (TPSA) is 67.9 Å². The number of nitrogens with zero attached hydrogens (tertiary/aromatic N) is 4. The molecule has 1 saturated heterocycles. The van der Waals surface area contributed by atoms with Gasteiger partial charge in [-0.1, -0.05) is 24.3 Å². The van der Waals surface area contributed by atoms with Crippen molar-refractivity contribution in [1.82, 2.24) is 19.9 Å². The minimum atomic E-state index is 0.522. The second-order valence-electron chi connectivity index (χ2n) is 6.80. The lowest BCUT2D eigenvalue weighted by atomic mass is 9.90. The van der Waals surface area contributed by atoms with E-state index in [0.717, 1.165) is 43.9 Å². The third-order valence-electron chi connectivity index (χ3n) is 5.09. The molecule has 128 valence electrons. The number of likely N-dealkylation sites (tertiary alicyclic amines) is 1. The zero-order chi connectivity index (χ0) is 17.2. The highest BCUT2D eigenvalue weighted by Crippen LogP contribution is 2.32. The van der Waals surface area contributed by atoms with Gasteiger partial charge in [0.05, 0.1) is 5.69 Å². The van der Waals surface area contributed by atoms with Crippen LogP contribution in [0.2, 0.25) is 0 Å². The minimum absolute atomic E-state index is 0.522. The number of rotatable bonds is 3. The van der Waals surface area contributed by atoms with Crippen LogP contribution in [0.15, 0.2) is 42.7 Å². The number of benzene rings is 1. The maximum atomic E-state index is 6.03. The molecule has 0 aliphatic carbocycles. The van der Waals surface area contributed by atoms with Gasteiger partial charge in [0, 0.05) is 35.8 Å². The van der Waals surface area contributed by atoms with Crippen molar-refractivity contribution < 1.29 is 0 Å². The van der Waals surface area contributed by atoms with E-state index < -0.39 is 0 Å². The summed E-state index contributed by atoms with van der Waals surface area (Å²) in [5, 5.41) is 2.57. The highest BCUT2D eigenvalue weighted by atomic mass is 15.1. The van der Waals surface area contributed by atoms with E-state index in [2.05, 4.69) is 45.2 Å². The van der Waals surface area contributed by atoms with Crippen molar-refractivity contribution in [3.8, 4) is 0 Å². The molecule has 0 atom stereocenters. The summed E-state index contributed by atoms with van der Waals surface area (Å²) in [6.45, 7) is 4.77. The van der Waals surface area contributed by atoms with Gasteiger partial charge >= 0.3 is 0 Å². The molecule has 0 bridgehead atoms. The van der Waals surface area contributed by atoms with Crippen LogP contribution in [0.25, 0.3) is 10.8 Å². The Morgan fingerprint density at radius 2 is 1.92 bits per heavy atom. The van der Waals surface area contributed by atoms with Crippen LogP contribution in [0.5, 0.6) is 0 Å². The number of anilines is 1. The van der Waals surface area contributed by atoms with Crippen molar-refractivity contribution >= 4 is 16.6 Å². The number of hydrogen-bond donors (Lipinski definition) is 1. The lowest BCUT2D eigenvalue weighted by Gasteiger charge is -2.32. The summed E-state index contributed by atoms with van der Waals surface area (Å²) in [7, 11) is 0. The van der Waals surface area contributed by atoms with Crippen LogP contribution in [0.1, 0.15) is 35.8 Å². The van der Waals surface area contributed by atoms with E-state index in [1.807, 2.05) is 19.3 Å². The molecule has 5 nitrogen and oxygen atoms in total. The molecule has 5 heteroatoms. The van der Waals surface area contributed by atoms with Gasteiger partial charge in [-0.05, 0) is 44.3 Å². The lowest BCUT2D eigenvalue weighted by molar-refractivity contribution is 0.203. The number of piperidine rings is 1. The van der Waals surface area contributed by atoms with Crippen LogP contribution < -0.4 is 5.73 Å². The first kappa shape index (κ1) is 16.0. The summed E-state index contributed by atoms with van der Waals surface area (Å²) in [4.78, 5) is 15.7. The number of nitrogen functional groups attached to an aromatic ring is 1. The van der Waals surface area contributed by atoms with E-state index in [9.17, 15) is 0 Å².